The predicted molar refractivity (Wildman–Crippen MR) is 123 cm³/mol. The molecule has 0 amide bonds. The fourth-order valence-corrected chi connectivity index (χ4v) is 4.82. The normalized spacial score (nSPS) is 11.4. The topological polar surface area (TPSA) is 75.2 Å². The third-order valence-corrected chi connectivity index (χ3v) is 6.36. The third-order valence-electron chi connectivity index (χ3n) is 5.39. The molecule has 0 aliphatic heterocycles. The van der Waals surface area contributed by atoms with E-state index in [1.54, 1.807) is 18.1 Å². The lowest BCUT2D eigenvalue weighted by molar-refractivity contribution is 0.573. The molecule has 2 aromatic carbocycles. The van der Waals surface area contributed by atoms with Crippen LogP contribution in [0.3, 0.4) is 0 Å². The molecule has 0 atom stereocenters. The number of nitrogens with zero attached hydrogens (tertiary/aromatic N) is 4. The number of aromatic nitrogens is 6. The third kappa shape index (κ3) is 4.41. The maximum absolute atomic E-state index is 4.59. The van der Waals surface area contributed by atoms with Crippen molar-refractivity contribution in [3.05, 3.63) is 89.9 Å². The Morgan fingerprint density at radius 3 is 2.84 bits per heavy atom. The summed E-state index contributed by atoms with van der Waals surface area (Å²) in [7, 11) is 0. The number of nitrogens with one attached hydrogen (secondary N) is 2. The Labute approximate surface area is 185 Å². The van der Waals surface area contributed by atoms with E-state index in [1.807, 2.05) is 6.20 Å². The molecule has 0 unspecified atom stereocenters. The van der Waals surface area contributed by atoms with Crippen LogP contribution >= 0.6 is 11.8 Å². The van der Waals surface area contributed by atoms with Crippen molar-refractivity contribution in [1.29, 1.82) is 0 Å². The van der Waals surface area contributed by atoms with Gasteiger partial charge in [0.05, 0.1) is 12.0 Å². The molecule has 7 heteroatoms. The predicted octanol–water partition coefficient (Wildman–Crippen LogP) is 5.17. The highest BCUT2D eigenvalue weighted by atomic mass is 32.2. The first-order valence-corrected chi connectivity index (χ1v) is 11.3. The molecule has 5 aromatic rings. The number of fused-ring (bicyclic) bond motifs is 1. The van der Waals surface area contributed by atoms with Crippen LogP contribution in [0.4, 0.5) is 0 Å². The molecule has 0 radical (unpaired) electrons. The van der Waals surface area contributed by atoms with Crippen LogP contribution in [-0.4, -0.2) is 29.7 Å². The minimum atomic E-state index is 0.744. The molecule has 0 fully saturated rings. The number of aryl methyl sites for hydroxylation is 2. The molecule has 2 N–H and O–H groups in total. The molecular formula is C24H24N6S. The quantitative estimate of drug-likeness (QED) is 0.358. The maximum Gasteiger partial charge on any atom is 0.196 e. The number of H-pyrrole nitrogens is 2. The fraction of sp³-hybridized carbons (Fsp3) is 0.208. The second-order valence-electron chi connectivity index (χ2n) is 7.67. The van der Waals surface area contributed by atoms with Crippen molar-refractivity contribution in [2.75, 3.05) is 0 Å². The summed E-state index contributed by atoms with van der Waals surface area (Å²) in [5.74, 6) is 0.988. The Balaban J connectivity index is 1.42. The minimum absolute atomic E-state index is 0.744. The van der Waals surface area contributed by atoms with Crippen LogP contribution in [0.15, 0.2) is 77.3 Å². The SMILES string of the molecule is Cc1cccc(Sc2nnc(Cc3c[nH]c4ccccc34)n2CCCc2c[nH]cn2)c1. The largest absolute Gasteiger partial charge is 0.361 e. The van der Waals surface area contributed by atoms with Crippen LogP contribution in [0.2, 0.25) is 0 Å². The van der Waals surface area contributed by atoms with E-state index < -0.39 is 0 Å². The Morgan fingerprint density at radius 2 is 1.97 bits per heavy atom. The number of rotatable bonds is 8. The van der Waals surface area contributed by atoms with E-state index in [9.17, 15) is 0 Å². The summed E-state index contributed by atoms with van der Waals surface area (Å²) in [6.45, 7) is 2.97. The van der Waals surface area contributed by atoms with E-state index in [0.29, 0.717) is 0 Å². The van der Waals surface area contributed by atoms with Crippen molar-refractivity contribution in [2.45, 2.75) is 42.8 Å². The summed E-state index contributed by atoms with van der Waals surface area (Å²) in [6, 6.07) is 16.9. The number of benzene rings is 2. The highest BCUT2D eigenvalue weighted by Gasteiger charge is 2.16. The molecule has 0 aliphatic carbocycles. The van der Waals surface area contributed by atoms with Crippen molar-refractivity contribution in [3.8, 4) is 0 Å². The zero-order valence-corrected chi connectivity index (χ0v) is 18.2. The Morgan fingerprint density at radius 1 is 1.03 bits per heavy atom. The fourth-order valence-electron chi connectivity index (χ4n) is 3.83. The summed E-state index contributed by atoms with van der Waals surface area (Å²) >= 11 is 1.67. The Bertz CT molecular complexity index is 1280. The van der Waals surface area contributed by atoms with Gasteiger partial charge in [0.15, 0.2) is 5.16 Å². The summed E-state index contributed by atoms with van der Waals surface area (Å²) in [4.78, 5) is 11.9. The summed E-state index contributed by atoms with van der Waals surface area (Å²) in [6.07, 6.45) is 8.42. The average molecular weight is 429 g/mol. The Hall–Kier alpha value is -3.32. The van der Waals surface area contributed by atoms with Gasteiger partial charge in [-0.1, -0.05) is 35.9 Å². The zero-order chi connectivity index (χ0) is 21.0. The van der Waals surface area contributed by atoms with Gasteiger partial charge in [-0.15, -0.1) is 10.2 Å². The lowest BCUT2D eigenvalue weighted by atomic mass is 10.1. The smallest absolute Gasteiger partial charge is 0.196 e. The second-order valence-corrected chi connectivity index (χ2v) is 8.71. The van der Waals surface area contributed by atoms with Crippen LogP contribution in [0.25, 0.3) is 10.9 Å². The lowest BCUT2D eigenvalue weighted by Crippen LogP contribution is -2.07. The van der Waals surface area contributed by atoms with Crippen LogP contribution in [0.1, 0.15) is 29.1 Å². The van der Waals surface area contributed by atoms with Gasteiger partial charge in [0.1, 0.15) is 5.82 Å². The van der Waals surface area contributed by atoms with E-state index in [-0.39, 0.29) is 0 Å². The van der Waals surface area contributed by atoms with Gasteiger partial charge in [-0.05, 0) is 55.3 Å². The molecule has 6 nitrogen and oxygen atoms in total. The highest BCUT2D eigenvalue weighted by Crippen LogP contribution is 2.29. The second kappa shape index (κ2) is 8.81. The van der Waals surface area contributed by atoms with E-state index in [4.69, 9.17) is 0 Å². The first-order chi connectivity index (χ1) is 15.3. The molecule has 5 rings (SSSR count). The molecule has 0 spiro atoms. The maximum atomic E-state index is 4.59. The summed E-state index contributed by atoms with van der Waals surface area (Å²) in [5, 5.41) is 11.3. The van der Waals surface area contributed by atoms with Crippen LogP contribution in [-0.2, 0) is 19.4 Å². The summed E-state index contributed by atoms with van der Waals surface area (Å²) in [5.41, 5.74) is 4.72. The molecule has 31 heavy (non-hydrogen) atoms. The number of hydrogen-bond acceptors (Lipinski definition) is 4. The van der Waals surface area contributed by atoms with Gasteiger partial charge in [-0.2, -0.15) is 0 Å². The average Bonchev–Trinajstić information content (AvgIpc) is 3.51. The molecule has 3 aromatic heterocycles. The van der Waals surface area contributed by atoms with Crippen LogP contribution in [0, 0.1) is 6.92 Å². The number of para-hydroxylation sites is 1. The first-order valence-electron chi connectivity index (χ1n) is 10.5. The molecule has 0 saturated heterocycles. The van der Waals surface area contributed by atoms with E-state index in [2.05, 4.69) is 91.4 Å². The van der Waals surface area contributed by atoms with Gasteiger partial charge >= 0.3 is 0 Å². The highest BCUT2D eigenvalue weighted by molar-refractivity contribution is 7.99. The number of aromatic amines is 2. The monoisotopic (exact) mass is 428 g/mol. The van der Waals surface area contributed by atoms with Gasteiger partial charge < -0.3 is 14.5 Å². The lowest BCUT2D eigenvalue weighted by Gasteiger charge is -2.10. The van der Waals surface area contributed by atoms with Gasteiger partial charge in [0.25, 0.3) is 0 Å². The number of hydrogen-bond donors (Lipinski definition) is 2. The molecular weight excluding hydrogens is 404 g/mol. The van der Waals surface area contributed by atoms with Gasteiger partial charge in [0, 0.05) is 41.2 Å². The zero-order valence-electron chi connectivity index (χ0n) is 17.4. The molecule has 0 saturated carbocycles. The van der Waals surface area contributed by atoms with E-state index in [0.717, 1.165) is 48.0 Å². The van der Waals surface area contributed by atoms with Crippen molar-refractivity contribution in [3.63, 3.8) is 0 Å². The summed E-state index contributed by atoms with van der Waals surface area (Å²) < 4.78 is 2.27. The van der Waals surface area contributed by atoms with Gasteiger partial charge in [-0.25, -0.2) is 4.98 Å². The number of imidazole rings is 1. The Kier molecular flexibility index (Phi) is 5.58. The van der Waals surface area contributed by atoms with Gasteiger partial charge in [-0.3, -0.25) is 0 Å². The van der Waals surface area contributed by atoms with Crippen molar-refractivity contribution < 1.29 is 0 Å². The molecule has 3 heterocycles. The first kappa shape index (κ1) is 19.6. The van der Waals surface area contributed by atoms with Crippen molar-refractivity contribution in [2.24, 2.45) is 0 Å². The van der Waals surface area contributed by atoms with Crippen molar-refractivity contribution >= 4 is 22.7 Å². The van der Waals surface area contributed by atoms with E-state index in [1.165, 1.54) is 21.4 Å². The minimum Gasteiger partial charge on any atom is -0.361 e. The van der Waals surface area contributed by atoms with Crippen LogP contribution < -0.4 is 0 Å². The molecule has 156 valence electrons. The van der Waals surface area contributed by atoms with Crippen molar-refractivity contribution in [1.82, 2.24) is 29.7 Å². The standard InChI is InChI=1S/C24H24N6S/c1-17-6-4-8-20(12-17)31-24-29-28-23(30(24)11-5-7-19-15-25-16-27-19)13-18-14-26-22-10-3-2-9-21(18)22/h2-4,6,8-10,12,14-16,26H,5,7,11,13H2,1H3,(H,25,27). The van der Waals surface area contributed by atoms with E-state index >= 15 is 0 Å². The molecule has 0 aliphatic rings. The molecule has 0 bridgehead atoms. The van der Waals surface area contributed by atoms with Crippen LogP contribution in [0.5, 0.6) is 0 Å². The van der Waals surface area contributed by atoms with Gasteiger partial charge in [0.2, 0.25) is 0 Å².